The van der Waals surface area contributed by atoms with Gasteiger partial charge >= 0.3 is 5.97 Å². The highest BCUT2D eigenvalue weighted by molar-refractivity contribution is 5.76. The van der Waals surface area contributed by atoms with Gasteiger partial charge in [0, 0.05) is 12.8 Å². The number of aliphatic hydroxyl groups is 2. The zero-order valence-corrected chi connectivity index (χ0v) is 46.6. The lowest BCUT2D eigenvalue weighted by Crippen LogP contribution is -2.45. The van der Waals surface area contributed by atoms with Gasteiger partial charge in [-0.15, -0.1) is 0 Å². The molecule has 6 heteroatoms. The minimum absolute atomic E-state index is 0.00561. The number of rotatable bonds is 58. The van der Waals surface area contributed by atoms with E-state index in [4.69, 9.17) is 4.74 Å². The number of esters is 1. The molecule has 0 saturated carbocycles. The van der Waals surface area contributed by atoms with Crippen LogP contribution in [0, 0.1) is 0 Å². The van der Waals surface area contributed by atoms with Gasteiger partial charge in [0.1, 0.15) is 0 Å². The lowest BCUT2D eigenvalue weighted by atomic mass is 10.0. The predicted molar refractivity (Wildman–Crippen MR) is 301 cm³/mol. The molecule has 2 atom stereocenters. The highest BCUT2D eigenvalue weighted by Crippen LogP contribution is 2.18. The summed E-state index contributed by atoms with van der Waals surface area (Å²) in [6.45, 7) is 4.91. The van der Waals surface area contributed by atoms with Crippen LogP contribution >= 0.6 is 0 Å². The molecule has 0 saturated heterocycles. The van der Waals surface area contributed by atoms with Crippen LogP contribution in [-0.4, -0.2) is 47.4 Å². The van der Waals surface area contributed by atoms with Crippen LogP contribution < -0.4 is 5.32 Å². The van der Waals surface area contributed by atoms with Gasteiger partial charge in [0.25, 0.3) is 0 Å². The molecule has 0 fully saturated rings. The van der Waals surface area contributed by atoms with E-state index in [1.807, 2.05) is 6.08 Å². The summed E-state index contributed by atoms with van der Waals surface area (Å²) < 4.78 is 5.48. The largest absolute Gasteiger partial charge is 0.466 e. The monoisotopic (exact) mass is 972 g/mol. The second kappa shape index (κ2) is 58.9. The molecule has 1 amide bonds. The zero-order valence-electron chi connectivity index (χ0n) is 46.6. The summed E-state index contributed by atoms with van der Waals surface area (Å²) in [7, 11) is 0. The Balaban J connectivity index is 3.39. The first-order valence-corrected chi connectivity index (χ1v) is 31.1. The number of allylic oxidation sites excluding steroid dienone is 3. The first-order chi connectivity index (χ1) is 34.0. The van der Waals surface area contributed by atoms with Crippen molar-refractivity contribution >= 4 is 11.9 Å². The van der Waals surface area contributed by atoms with Gasteiger partial charge in [-0.05, 0) is 57.8 Å². The maximum atomic E-state index is 12.5. The van der Waals surface area contributed by atoms with E-state index in [0.717, 1.165) is 44.9 Å². The van der Waals surface area contributed by atoms with Crippen LogP contribution in [0.15, 0.2) is 24.3 Å². The third kappa shape index (κ3) is 55.5. The Hall–Kier alpha value is -1.66. The quantitative estimate of drug-likeness (QED) is 0.0321. The average Bonchev–Trinajstić information content (AvgIpc) is 3.35. The van der Waals surface area contributed by atoms with Crippen LogP contribution in [0.2, 0.25) is 0 Å². The third-order valence-corrected chi connectivity index (χ3v) is 14.5. The summed E-state index contributed by atoms with van der Waals surface area (Å²) in [6, 6.07) is -0.627. The molecular weight excluding hydrogens is 851 g/mol. The number of nitrogens with one attached hydrogen (secondary N) is 1. The van der Waals surface area contributed by atoms with E-state index < -0.39 is 12.1 Å². The number of amides is 1. The maximum absolute atomic E-state index is 12.5. The fourth-order valence-corrected chi connectivity index (χ4v) is 9.69. The summed E-state index contributed by atoms with van der Waals surface area (Å²) in [4.78, 5) is 24.5. The Morgan fingerprint density at radius 1 is 0.391 bits per heavy atom. The van der Waals surface area contributed by atoms with Crippen LogP contribution in [0.1, 0.15) is 341 Å². The van der Waals surface area contributed by atoms with Crippen molar-refractivity contribution in [1.29, 1.82) is 0 Å². The summed E-state index contributed by atoms with van der Waals surface area (Å²) in [6.07, 6.45) is 72.2. The van der Waals surface area contributed by atoms with E-state index in [0.29, 0.717) is 19.4 Å². The molecule has 0 radical (unpaired) electrons. The van der Waals surface area contributed by atoms with Crippen LogP contribution in [0.3, 0.4) is 0 Å². The highest BCUT2D eigenvalue weighted by Gasteiger charge is 2.18. The predicted octanol–water partition coefficient (Wildman–Crippen LogP) is 19.4. The van der Waals surface area contributed by atoms with Gasteiger partial charge in [-0.1, -0.05) is 295 Å². The summed E-state index contributed by atoms with van der Waals surface area (Å²) in [5.74, 6) is -0.0602. The Morgan fingerprint density at radius 3 is 1.03 bits per heavy atom. The lowest BCUT2D eigenvalue weighted by molar-refractivity contribution is -0.143. The van der Waals surface area contributed by atoms with E-state index in [-0.39, 0.29) is 18.5 Å². The van der Waals surface area contributed by atoms with Crippen molar-refractivity contribution in [2.75, 3.05) is 13.2 Å². The van der Waals surface area contributed by atoms with Gasteiger partial charge in [0.15, 0.2) is 0 Å². The number of hydrogen-bond acceptors (Lipinski definition) is 5. The SMILES string of the molecule is CCCCCCC/C=C\CCCCCCCC(=O)OCCCCCCCCCCCCCCCCCCCCCCCCCC(=O)NC(CO)C(O)/C=C/CCCCCCCCCCCCCCC. The fourth-order valence-electron chi connectivity index (χ4n) is 9.69. The van der Waals surface area contributed by atoms with Crippen LogP contribution in [0.4, 0.5) is 0 Å². The Labute approximate surface area is 431 Å². The molecule has 0 aliphatic heterocycles. The van der Waals surface area contributed by atoms with Gasteiger partial charge in [0.2, 0.25) is 5.91 Å². The maximum Gasteiger partial charge on any atom is 0.305 e. The number of unbranched alkanes of at least 4 members (excludes halogenated alkanes) is 45. The van der Waals surface area contributed by atoms with Gasteiger partial charge in [-0.25, -0.2) is 0 Å². The molecule has 69 heavy (non-hydrogen) atoms. The average molecular weight is 973 g/mol. The topological polar surface area (TPSA) is 95.9 Å². The molecule has 0 rings (SSSR count). The van der Waals surface area contributed by atoms with Crippen LogP contribution in [-0.2, 0) is 14.3 Å². The molecule has 0 aromatic carbocycles. The number of aliphatic hydroxyl groups excluding tert-OH is 2. The lowest BCUT2D eigenvalue weighted by Gasteiger charge is -2.20. The molecule has 0 aliphatic rings. The van der Waals surface area contributed by atoms with E-state index >= 15 is 0 Å². The Morgan fingerprint density at radius 2 is 0.681 bits per heavy atom. The van der Waals surface area contributed by atoms with Gasteiger partial charge in [-0.2, -0.15) is 0 Å². The summed E-state index contributed by atoms with van der Waals surface area (Å²) >= 11 is 0. The summed E-state index contributed by atoms with van der Waals surface area (Å²) in [5.41, 5.74) is 0. The fraction of sp³-hybridized carbons (Fsp3) is 0.905. The van der Waals surface area contributed by atoms with Crippen molar-refractivity contribution in [1.82, 2.24) is 5.32 Å². The second-order valence-electron chi connectivity index (χ2n) is 21.4. The molecule has 3 N–H and O–H groups in total. The van der Waals surface area contributed by atoms with Crippen LogP contribution in [0.5, 0.6) is 0 Å². The summed E-state index contributed by atoms with van der Waals surface area (Å²) in [5, 5.41) is 23.1. The molecule has 408 valence electrons. The molecular formula is C63H121NO5. The standard InChI is InChI=1S/C63H121NO5/c1-3-5-7-9-11-13-15-17-28-31-35-39-43-47-51-55-61(66)60(59-65)64-62(67)56-52-48-44-40-36-32-29-26-24-22-20-19-21-23-25-27-30-34-38-42-46-50-54-58-69-63(68)57-53-49-45-41-37-33-18-16-14-12-10-8-6-4-2/h16,18,51,55,60-61,65-66H,3-15,17,19-50,52-54,56-59H2,1-2H3,(H,64,67)/b18-16-,55-51+. The second-order valence-corrected chi connectivity index (χ2v) is 21.4. The van der Waals surface area contributed by atoms with E-state index in [2.05, 4.69) is 31.3 Å². The molecule has 6 nitrogen and oxygen atoms in total. The number of carbonyl (C=O) groups is 2. The molecule has 0 heterocycles. The van der Waals surface area contributed by atoms with E-state index in [1.165, 1.54) is 270 Å². The number of hydrogen-bond donors (Lipinski definition) is 3. The molecule has 0 aliphatic carbocycles. The Kier molecular flexibility index (Phi) is 57.5. The van der Waals surface area contributed by atoms with Crippen molar-refractivity contribution in [2.45, 2.75) is 353 Å². The molecule has 0 aromatic heterocycles. The number of carbonyl (C=O) groups excluding carboxylic acids is 2. The van der Waals surface area contributed by atoms with Crippen LogP contribution in [0.25, 0.3) is 0 Å². The van der Waals surface area contributed by atoms with Crippen molar-refractivity contribution < 1.29 is 24.5 Å². The smallest absolute Gasteiger partial charge is 0.305 e. The molecule has 2 unspecified atom stereocenters. The van der Waals surface area contributed by atoms with Gasteiger partial charge in [-0.3, -0.25) is 9.59 Å². The molecule has 0 aromatic rings. The number of ether oxygens (including phenoxy) is 1. The zero-order chi connectivity index (χ0) is 50.0. The van der Waals surface area contributed by atoms with Gasteiger partial charge < -0.3 is 20.3 Å². The van der Waals surface area contributed by atoms with Crippen molar-refractivity contribution in [2.24, 2.45) is 0 Å². The first-order valence-electron chi connectivity index (χ1n) is 31.1. The highest BCUT2D eigenvalue weighted by atomic mass is 16.5. The molecule has 0 spiro atoms. The van der Waals surface area contributed by atoms with Crippen molar-refractivity contribution in [3.05, 3.63) is 24.3 Å². The minimum Gasteiger partial charge on any atom is -0.466 e. The third-order valence-electron chi connectivity index (χ3n) is 14.5. The van der Waals surface area contributed by atoms with Gasteiger partial charge in [0.05, 0.1) is 25.4 Å². The Bertz CT molecular complexity index is 1080. The normalized spacial score (nSPS) is 12.7. The molecule has 0 bridgehead atoms. The van der Waals surface area contributed by atoms with E-state index in [9.17, 15) is 19.8 Å². The minimum atomic E-state index is -0.843. The first kappa shape index (κ1) is 67.3. The van der Waals surface area contributed by atoms with Crippen molar-refractivity contribution in [3.8, 4) is 0 Å². The van der Waals surface area contributed by atoms with E-state index in [1.54, 1.807) is 6.08 Å². The van der Waals surface area contributed by atoms with Crippen molar-refractivity contribution in [3.63, 3.8) is 0 Å².